The van der Waals surface area contributed by atoms with E-state index in [4.69, 9.17) is 16.8 Å². The maximum atomic E-state index is 8.13. The van der Waals surface area contributed by atoms with Crippen molar-refractivity contribution in [2.24, 2.45) is 5.16 Å². The highest BCUT2D eigenvalue weighted by atomic mass is 35.5. The van der Waals surface area contributed by atoms with Crippen LogP contribution in [0.15, 0.2) is 23.6 Å². The Morgan fingerprint density at radius 3 is 3.10 bits per heavy atom. The molecular weight excluding hydrogens is 152 g/mol. The van der Waals surface area contributed by atoms with Gasteiger partial charge in [0.25, 0.3) is 0 Å². The molecule has 10 heavy (non-hydrogen) atoms. The number of oxime groups is 1. The molecule has 0 spiro atoms. The topological polar surface area (TPSA) is 45.5 Å². The summed E-state index contributed by atoms with van der Waals surface area (Å²) >= 11 is 5.64. The van der Waals surface area contributed by atoms with Crippen molar-refractivity contribution in [2.75, 3.05) is 0 Å². The molecule has 0 fully saturated rings. The Balaban J connectivity index is 3.03. The first-order chi connectivity index (χ1) is 4.84. The molecule has 0 unspecified atom stereocenters. The highest BCUT2D eigenvalue weighted by Gasteiger charge is 1.93. The number of hydrogen-bond donors (Lipinski definition) is 1. The summed E-state index contributed by atoms with van der Waals surface area (Å²) in [6.45, 7) is 0. The maximum absolute atomic E-state index is 8.13. The first kappa shape index (κ1) is 7.02. The number of rotatable bonds is 1. The van der Waals surface area contributed by atoms with Crippen LogP contribution in [0.2, 0.25) is 5.02 Å². The Morgan fingerprint density at radius 2 is 2.50 bits per heavy atom. The van der Waals surface area contributed by atoms with Gasteiger partial charge < -0.3 is 5.21 Å². The molecule has 1 heterocycles. The Labute approximate surface area is 63.0 Å². The molecule has 52 valence electrons. The molecule has 0 aliphatic heterocycles. The van der Waals surface area contributed by atoms with E-state index in [1.54, 1.807) is 12.3 Å². The van der Waals surface area contributed by atoms with Gasteiger partial charge >= 0.3 is 0 Å². The second-order valence-corrected chi connectivity index (χ2v) is 2.05. The van der Waals surface area contributed by atoms with Crippen molar-refractivity contribution in [3.8, 4) is 0 Å². The predicted molar refractivity (Wildman–Crippen MR) is 38.6 cm³/mol. The molecule has 3 nitrogen and oxygen atoms in total. The smallest absolute Gasteiger partial charge is 0.0749 e. The van der Waals surface area contributed by atoms with Crippen LogP contribution in [0.4, 0.5) is 0 Å². The van der Waals surface area contributed by atoms with Crippen LogP contribution in [0.1, 0.15) is 5.56 Å². The van der Waals surface area contributed by atoms with E-state index in [-0.39, 0.29) is 0 Å². The molecule has 0 aromatic carbocycles. The quantitative estimate of drug-likeness (QED) is 0.381. The fraction of sp³-hybridized carbons (Fsp3) is 0. The second-order valence-electron chi connectivity index (χ2n) is 1.64. The summed E-state index contributed by atoms with van der Waals surface area (Å²) in [4.78, 5) is 3.75. The lowest BCUT2D eigenvalue weighted by atomic mass is 10.3. The Hall–Kier alpha value is -1.09. The van der Waals surface area contributed by atoms with Gasteiger partial charge in [-0.3, -0.25) is 4.98 Å². The zero-order valence-corrected chi connectivity index (χ0v) is 5.78. The molecule has 4 heteroatoms. The monoisotopic (exact) mass is 156 g/mol. The molecule has 0 aliphatic carbocycles. The van der Waals surface area contributed by atoms with E-state index >= 15 is 0 Å². The van der Waals surface area contributed by atoms with Crippen molar-refractivity contribution >= 4 is 17.8 Å². The Morgan fingerprint density at radius 1 is 1.70 bits per heavy atom. The second kappa shape index (κ2) is 3.17. The van der Waals surface area contributed by atoms with E-state index in [0.717, 1.165) is 0 Å². The van der Waals surface area contributed by atoms with E-state index in [2.05, 4.69) is 10.1 Å². The lowest BCUT2D eigenvalue weighted by molar-refractivity contribution is 0.322. The standard InChI is InChI=1S/C6H5ClN2O/c7-6-4-8-2-1-5(6)3-9-10/h1-4,10H/b9-3+. The van der Waals surface area contributed by atoms with Gasteiger partial charge in [-0.1, -0.05) is 16.8 Å². The lowest BCUT2D eigenvalue weighted by Gasteiger charge is -1.91. The van der Waals surface area contributed by atoms with Gasteiger partial charge in [-0.05, 0) is 6.07 Å². The molecule has 1 aromatic heterocycles. The van der Waals surface area contributed by atoms with Crippen molar-refractivity contribution in [2.45, 2.75) is 0 Å². The normalized spacial score (nSPS) is 10.5. The van der Waals surface area contributed by atoms with E-state index < -0.39 is 0 Å². The molecular formula is C6H5ClN2O. The van der Waals surface area contributed by atoms with Crippen LogP contribution in [0, 0.1) is 0 Å². The first-order valence-corrected chi connectivity index (χ1v) is 2.99. The Bertz CT molecular complexity index is 249. The minimum absolute atomic E-state index is 0.473. The van der Waals surface area contributed by atoms with Crippen LogP contribution < -0.4 is 0 Å². The fourth-order valence-corrected chi connectivity index (χ4v) is 0.721. The zero-order valence-electron chi connectivity index (χ0n) is 5.03. The Kier molecular flexibility index (Phi) is 2.23. The number of nitrogens with zero attached hydrogens (tertiary/aromatic N) is 2. The van der Waals surface area contributed by atoms with Gasteiger partial charge in [0.2, 0.25) is 0 Å². The molecule has 0 radical (unpaired) electrons. The SMILES string of the molecule is O/N=C/c1ccncc1Cl. The third-order valence-corrected chi connectivity index (χ3v) is 1.32. The number of halogens is 1. The minimum Gasteiger partial charge on any atom is -0.411 e. The van der Waals surface area contributed by atoms with Gasteiger partial charge in [0.1, 0.15) is 0 Å². The largest absolute Gasteiger partial charge is 0.411 e. The first-order valence-electron chi connectivity index (χ1n) is 2.61. The number of pyridine rings is 1. The molecule has 0 saturated heterocycles. The van der Waals surface area contributed by atoms with Gasteiger partial charge in [0.15, 0.2) is 0 Å². The third-order valence-electron chi connectivity index (χ3n) is 1.00. The summed E-state index contributed by atoms with van der Waals surface area (Å²) in [5, 5.41) is 11.4. The van der Waals surface area contributed by atoms with Crippen LogP contribution in [-0.2, 0) is 0 Å². The fourth-order valence-electron chi connectivity index (χ4n) is 0.553. The maximum Gasteiger partial charge on any atom is 0.0749 e. The van der Waals surface area contributed by atoms with Crippen molar-refractivity contribution in [1.82, 2.24) is 4.98 Å². The van der Waals surface area contributed by atoms with Crippen LogP contribution >= 0.6 is 11.6 Å². The summed E-state index contributed by atoms with van der Waals surface area (Å²) in [7, 11) is 0. The van der Waals surface area contributed by atoms with E-state index in [1.807, 2.05) is 0 Å². The molecule has 0 saturated carbocycles. The average Bonchev–Trinajstić information content (AvgIpc) is 1.94. The summed E-state index contributed by atoms with van der Waals surface area (Å²) < 4.78 is 0. The van der Waals surface area contributed by atoms with Crippen molar-refractivity contribution < 1.29 is 5.21 Å². The molecule has 0 aliphatic rings. The zero-order chi connectivity index (χ0) is 7.40. The van der Waals surface area contributed by atoms with Gasteiger partial charge in [-0.15, -0.1) is 0 Å². The number of aromatic nitrogens is 1. The highest BCUT2D eigenvalue weighted by molar-refractivity contribution is 6.32. The predicted octanol–water partition coefficient (Wildman–Crippen LogP) is 1.54. The van der Waals surface area contributed by atoms with Gasteiger partial charge in [-0.2, -0.15) is 0 Å². The van der Waals surface area contributed by atoms with E-state index in [9.17, 15) is 0 Å². The molecule has 1 aromatic rings. The lowest BCUT2D eigenvalue weighted by Crippen LogP contribution is -1.82. The van der Waals surface area contributed by atoms with Crippen molar-refractivity contribution in [1.29, 1.82) is 0 Å². The molecule has 1 rings (SSSR count). The van der Waals surface area contributed by atoms with Crippen molar-refractivity contribution in [3.05, 3.63) is 29.0 Å². The summed E-state index contributed by atoms with van der Waals surface area (Å²) in [6.07, 6.45) is 4.31. The van der Waals surface area contributed by atoms with E-state index in [0.29, 0.717) is 10.6 Å². The summed E-state index contributed by atoms with van der Waals surface area (Å²) in [6, 6.07) is 1.65. The highest BCUT2D eigenvalue weighted by Crippen LogP contribution is 2.09. The van der Waals surface area contributed by atoms with Gasteiger partial charge in [-0.25, -0.2) is 0 Å². The minimum atomic E-state index is 0.473. The molecule has 1 N–H and O–H groups in total. The van der Waals surface area contributed by atoms with Crippen LogP contribution in [0.5, 0.6) is 0 Å². The molecule has 0 atom stereocenters. The van der Waals surface area contributed by atoms with Crippen LogP contribution in [0.3, 0.4) is 0 Å². The van der Waals surface area contributed by atoms with Crippen molar-refractivity contribution in [3.63, 3.8) is 0 Å². The van der Waals surface area contributed by atoms with Crippen LogP contribution in [-0.4, -0.2) is 16.4 Å². The summed E-state index contributed by atoms with van der Waals surface area (Å²) in [5.41, 5.74) is 0.652. The molecule has 0 amide bonds. The molecule has 0 bridgehead atoms. The van der Waals surface area contributed by atoms with E-state index in [1.165, 1.54) is 12.4 Å². The third kappa shape index (κ3) is 1.45. The van der Waals surface area contributed by atoms with Gasteiger partial charge in [0.05, 0.1) is 11.2 Å². The average molecular weight is 157 g/mol. The van der Waals surface area contributed by atoms with Crippen LogP contribution in [0.25, 0.3) is 0 Å². The van der Waals surface area contributed by atoms with Gasteiger partial charge in [0, 0.05) is 18.0 Å². The number of hydrogen-bond acceptors (Lipinski definition) is 3. The summed E-state index contributed by atoms with van der Waals surface area (Å²) in [5.74, 6) is 0.